The summed E-state index contributed by atoms with van der Waals surface area (Å²) in [4.78, 5) is 4.25. The lowest BCUT2D eigenvalue weighted by Crippen LogP contribution is -2.11. The van der Waals surface area contributed by atoms with E-state index in [0.29, 0.717) is 12.4 Å². The van der Waals surface area contributed by atoms with Crippen LogP contribution in [0.4, 0.5) is 4.39 Å². The molecule has 0 amide bonds. The highest BCUT2D eigenvalue weighted by atomic mass is 19.1. The largest absolute Gasteiger partial charge is 0.316 e. The Hall–Kier alpha value is -1.75. The van der Waals surface area contributed by atoms with Gasteiger partial charge in [-0.1, -0.05) is 0 Å². The van der Waals surface area contributed by atoms with Gasteiger partial charge in [0.2, 0.25) is 0 Å². The summed E-state index contributed by atoms with van der Waals surface area (Å²) in [5.74, 6) is 1.27. The van der Waals surface area contributed by atoms with Crippen molar-refractivity contribution in [2.45, 2.75) is 20.4 Å². The maximum atomic E-state index is 13.2. The Bertz CT molecular complexity index is 533. The molecule has 0 aliphatic carbocycles. The van der Waals surface area contributed by atoms with Gasteiger partial charge in [-0.3, -0.25) is 0 Å². The van der Waals surface area contributed by atoms with Crippen LogP contribution in [-0.2, 0) is 6.54 Å². The molecule has 0 unspecified atom stereocenters. The second-order valence-corrected chi connectivity index (χ2v) is 3.92. The van der Waals surface area contributed by atoms with E-state index in [0.717, 1.165) is 17.1 Å². The average molecular weight is 234 g/mol. The van der Waals surface area contributed by atoms with Gasteiger partial charge in [-0.25, -0.2) is 14.1 Å². The van der Waals surface area contributed by atoms with Crippen molar-refractivity contribution < 1.29 is 4.39 Å². The highest BCUT2D eigenvalue weighted by molar-refractivity contribution is 5.41. The second-order valence-electron chi connectivity index (χ2n) is 3.92. The number of nitrogens with zero attached hydrogens (tertiary/aromatic N) is 3. The Kier molecular flexibility index (Phi) is 3.19. The first kappa shape index (κ1) is 11.7. The van der Waals surface area contributed by atoms with Crippen molar-refractivity contribution in [3.05, 3.63) is 41.2 Å². The number of hydrogen-bond acceptors (Lipinski definition) is 3. The first-order valence-electron chi connectivity index (χ1n) is 5.45. The summed E-state index contributed by atoms with van der Waals surface area (Å²) in [5.41, 5.74) is 1.72. The van der Waals surface area contributed by atoms with Gasteiger partial charge in [-0.2, -0.15) is 5.10 Å². The standard InChI is InChI=1S/C12H15FN4/c1-8-15-9(2)17(16-8)12-5-4-11(13)6-10(12)7-14-3/h4-6,14H,7H2,1-3H3. The number of halogens is 1. The van der Waals surface area contributed by atoms with E-state index in [4.69, 9.17) is 0 Å². The van der Waals surface area contributed by atoms with Crippen LogP contribution in [-0.4, -0.2) is 21.8 Å². The molecule has 0 bridgehead atoms. The van der Waals surface area contributed by atoms with Crippen LogP contribution in [0.1, 0.15) is 17.2 Å². The SMILES string of the molecule is CNCc1cc(F)ccc1-n1nc(C)nc1C. The summed E-state index contributed by atoms with van der Waals surface area (Å²) in [6, 6.07) is 4.68. The predicted octanol–water partition coefficient (Wildman–Crippen LogP) is 1.74. The first-order valence-corrected chi connectivity index (χ1v) is 5.45. The van der Waals surface area contributed by atoms with Gasteiger partial charge in [0.05, 0.1) is 5.69 Å². The van der Waals surface area contributed by atoms with Gasteiger partial charge in [-0.15, -0.1) is 0 Å². The van der Waals surface area contributed by atoms with Crippen LogP contribution >= 0.6 is 0 Å². The third kappa shape index (κ3) is 2.34. The third-order valence-electron chi connectivity index (χ3n) is 2.51. The molecule has 0 aliphatic rings. The molecule has 17 heavy (non-hydrogen) atoms. The van der Waals surface area contributed by atoms with Gasteiger partial charge in [-0.05, 0) is 44.7 Å². The summed E-state index contributed by atoms with van der Waals surface area (Å²) in [5, 5.41) is 7.33. The van der Waals surface area contributed by atoms with Gasteiger partial charge >= 0.3 is 0 Å². The summed E-state index contributed by atoms with van der Waals surface area (Å²) in [6.07, 6.45) is 0. The molecule has 0 saturated carbocycles. The van der Waals surface area contributed by atoms with Crippen molar-refractivity contribution in [3.8, 4) is 5.69 Å². The van der Waals surface area contributed by atoms with Gasteiger partial charge < -0.3 is 5.32 Å². The fourth-order valence-electron chi connectivity index (χ4n) is 1.84. The molecule has 90 valence electrons. The number of aryl methyl sites for hydroxylation is 2. The number of rotatable bonds is 3. The van der Waals surface area contributed by atoms with E-state index in [1.807, 2.05) is 20.9 Å². The molecular weight excluding hydrogens is 219 g/mol. The minimum atomic E-state index is -0.242. The Balaban J connectivity index is 2.54. The molecule has 4 nitrogen and oxygen atoms in total. The molecule has 0 atom stereocenters. The van der Waals surface area contributed by atoms with Crippen molar-refractivity contribution in [3.63, 3.8) is 0 Å². The Morgan fingerprint density at radius 2 is 2.12 bits per heavy atom. The van der Waals surface area contributed by atoms with Crippen LogP contribution in [0.25, 0.3) is 5.69 Å². The first-order chi connectivity index (χ1) is 8.11. The number of benzene rings is 1. The molecule has 0 radical (unpaired) electrons. The number of aromatic nitrogens is 3. The molecule has 1 heterocycles. The van der Waals surface area contributed by atoms with Crippen molar-refractivity contribution in [2.24, 2.45) is 0 Å². The van der Waals surface area contributed by atoms with Crippen LogP contribution < -0.4 is 5.32 Å². The molecule has 0 fully saturated rings. The molecule has 1 aromatic carbocycles. The smallest absolute Gasteiger partial charge is 0.148 e. The third-order valence-corrected chi connectivity index (χ3v) is 2.51. The van der Waals surface area contributed by atoms with E-state index in [2.05, 4.69) is 15.4 Å². The molecule has 0 saturated heterocycles. The van der Waals surface area contributed by atoms with Gasteiger partial charge in [0.25, 0.3) is 0 Å². The molecule has 5 heteroatoms. The fourth-order valence-corrected chi connectivity index (χ4v) is 1.84. The molecule has 2 rings (SSSR count). The maximum absolute atomic E-state index is 13.2. The maximum Gasteiger partial charge on any atom is 0.148 e. The second kappa shape index (κ2) is 4.63. The number of hydrogen-bond donors (Lipinski definition) is 1. The topological polar surface area (TPSA) is 42.7 Å². The monoisotopic (exact) mass is 234 g/mol. The average Bonchev–Trinajstić information content (AvgIpc) is 2.59. The predicted molar refractivity (Wildman–Crippen MR) is 63.6 cm³/mol. The Morgan fingerprint density at radius 3 is 2.71 bits per heavy atom. The highest BCUT2D eigenvalue weighted by Gasteiger charge is 2.10. The van der Waals surface area contributed by atoms with E-state index in [1.165, 1.54) is 12.1 Å². The van der Waals surface area contributed by atoms with Crippen molar-refractivity contribution in [1.82, 2.24) is 20.1 Å². The van der Waals surface area contributed by atoms with Crippen LogP contribution in [0.15, 0.2) is 18.2 Å². The summed E-state index contributed by atoms with van der Waals surface area (Å²) >= 11 is 0. The van der Waals surface area contributed by atoms with Crippen LogP contribution in [0.5, 0.6) is 0 Å². The lowest BCUT2D eigenvalue weighted by molar-refractivity contribution is 0.621. The van der Waals surface area contributed by atoms with Gasteiger partial charge in [0.15, 0.2) is 0 Å². The van der Waals surface area contributed by atoms with Gasteiger partial charge in [0, 0.05) is 6.54 Å². The highest BCUT2D eigenvalue weighted by Crippen LogP contribution is 2.17. The van der Waals surface area contributed by atoms with Crippen LogP contribution in [0.2, 0.25) is 0 Å². The molecular formula is C12H15FN4. The fraction of sp³-hybridized carbons (Fsp3) is 0.333. The minimum Gasteiger partial charge on any atom is -0.316 e. The lowest BCUT2D eigenvalue weighted by atomic mass is 10.1. The zero-order valence-corrected chi connectivity index (χ0v) is 10.2. The summed E-state index contributed by atoms with van der Waals surface area (Å²) in [6.45, 7) is 4.31. The Labute approximate surface area is 99.5 Å². The van der Waals surface area contributed by atoms with E-state index in [-0.39, 0.29) is 5.82 Å². The van der Waals surface area contributed by atoms with Gasteiger partial charge in [0.1, 0.15) is 17.5 Å². The molecule has 1 aromatic heterocycles. The summed E-state index contributed by atoms with van der Waals surface area (Å²) in [7, 11) is 1.83. The van der Waals surface area contributed by atoms with Crippen molar-refractivity contribution in [2.75, 3.05) is 7.05 Å². The molecule has 2 aromatic rings. The normalized spacial score (nSPS) is 10.8. The zero-order valence-electron chi connectivity index (χ0n) is 10.2. The summed E-state index contributed by atoms with van der Waals surface area (Å²) < 4.78 is 15.0. The molecule has 0 spiro atoms. The lowest BCUT2D eigenvalue weighted by Gasteiger charge is -2.10. The van der Waals surface area contributed by atoms with E-state index in [1.54, 1.807) is 10.7 Å². The van der Waals surface area contributed by atoms with Crippen molar-refractivity contribution in [1.29, 1.82) is 0 Å². The van der Waals surface area contributed by atoms with Crippen molar-refractivity contribution >= 4 is 0 Å². The van der Waals surface area contributed by atoms with Crippen LogP contribution in [0.3, 0.4) is 0 Å². The minimum absolute atomic E-state index is 0.242. The van der Waals surface area contributed by atoms with E-state index < -0.39 is 0 Å². The Morgan fingerprint density at radius 1 is 1.35 bits per heavy atom. The quantitative estimate of drug-likeness (QED) is 0.879. The van der Waals surface area contributed by atoms with E-state index in [9.17, 15) is 4.39 Å². The van der Waals surface area contributed by atoms with Crippen LogP contribution in [0, 0.1) is 19.7 Å². The zero-order chi connectivity index (χ0) is 12.4. The molecule has 0 aliphatic heterocycles. The van der Waals surface area contributed by atoms with E-state index >= 15 is 0 Å². The number of nitrogens with one attached hydrogen (secondary N) is 1. The molecule has 1 N–H and O–H groups in total.